The highest BCUT2D eigenvalue weighted by Gasteiger charge is 2.49. The van der Waals surface area contributed by atoms with E-state index in [9.17, 15) is 0 Å². The van der Waals surface area contributed by atoms with Crippen LogP contribution in [0, 0.1) is 29.6 Å². The van der Waals surface area contributed by atoms with Crippen molar-refractivity contribution in [3.8, 4) is 0 Å². The van der Waals surface area contributed by atoms with Gasteiger partial charge in [0.25, 0.3) is 0 Å². The molecule has 40 heavy (non-hydrogen) atoms. The first-order valence-corrected chi connectivity index (χ1v) is 15.0. The van der Waals surface area contributed by atoms with Gasteiger partial charge < -0.3 is 0 Å². The second-order valence-electron chi connectivity index (χ2n) is 11.8. The predicted octanol–water partition coefficient (Wildman–Crippen LogP) is 9.29. The van der Waals surface area contributed by atoms with Gasteiger partial charge in [0.15, 0.2) is 0 Å². The van der Waals surface area contributed by atoms with Crippen LogP contribution in [0.2, 0.25) is 0 Å². The minimum atomic E-state index is 0.616. The smallest absolute Gasteiger partial charge is 0.0245 e. The standard InChI is InChI=1S/C40H40/c1-6-16-31(17-7-1)26-36-37(27-32-18-8-2-9-19-32)39(29-34-22-12-4-13-23-34)40(30-35-24-14-5-15-25-35)38(36)28-33-20-10-3-11-21-33/h1-25,36-40H,26-30H2. The largest absolute Gasteiger partial charge is 0.0622 e. The topological polar surface area (TPSA) is 0 Å². The van der Waals surface area contributed by atoms with Gasteiger partial charge in [0, 0.05) is 0 Å². The van der Waals surface area contributed by atoms with Gasteiger partial charge >= 0.3 is 0 Å². The van der Waals surface area contributed by atoms with Crippen LogP contribution < -0.4 is 0 Å². The molecule has 6 rings (SSSR count). The van der Waals surface area contributed by atoms with E-state index in [4.69, 9.17) is 0 Å². The molecule has 0 saturated heterocycles. The molecular formula is C40H40. The van der Waals surface area contributed by atoms with Crippen LogP contribution in [0.15, 0.2) is 152 Å². The molecule has 0 atom stereocenters. The van der Waals surface area contributed by atoms with E-state index < -0.39 is 0 Å². The van der Waals surface area contributed by atoms with Gasteiger partial charge in [0.2, 0.25) is 0 Å². The molecule has 0 unspecified atom stereocenters. The molecule has 0 bridgehead atoms. The summed E-state index contributed by atoms with van der Waals surface area (Å²) in [6.45, 7) is 0. The summed E-state index contributed by atoms with van der Waals surface area (Å²) >= 11 is 0. The van der Waals surface area contributed by atoms with E-state index in [-0.39, 0.29) is 0 Å². The zero-order valence-corrected chi connectivity index (χ0v) is 23.4. The Morgan fingerprint density at radius 1 is 0.225 bits per heavy atom. The summed E-state index contributed by atoms with van der Waals surface area (Å²) in [7, 11) is 0. The molecule has 0 aliphatic heterocycles. The van der Waals surface area contributed by atoms with Crippen molar-refractivity contribution in [2.24, 2.45) is 29.6 Å². The van der Waals surface area contributed by atoms with Crippen molar-refractivity contribution in [3.05, 3.63) is 179 Å². The molecule has 5 aromatic rings. The lowest BCUT2D eigenvalue weighted by Gasteiger charge is -2.28. The third-order valence-electron chi connectivity index (χ3n) is 9.32. The van der Waals surface area contributed by atoms with Gasteiger partial charge in [-0.3, -0.25) is 0 Å². The molecule has 0 aromatic heterocycles. The summed E-state index contributed by atoms with van der Waals surface area (Å²) in [5.41, 5.74) is 7.37. The van der Waals surface area contributed by atoms with E-state index in [1.807, 2.05) is 0 Å². The van der Waals surface area contributed by atoms with Gasteiger partial charge in [0.1, 0.15) is 0 Å². The van der Waals surface area contributed by atoms with Crippen LogP contribution in [0.25, 0.3) is 0 Å². The van der Waals surface area contributed by atoms with Crippen molar-refractivity contribution < 1.29 is 0 Å². The zero-order valence-electron chi connectivity index (χ0n) is 23.4. The summed E-state index contributed by atoms with van der Waals surface area (Å²) in [6, 6.07) is 56.3. The fraction of sp³-hybridized carbons (Fsp3) is 0.250. The second-order valence-corrected chi connectivity index (χ2v) is 11.8. The van der Waals surface area contributed by atoms with E-state index in [0.717, 1.165) is 32.1 Å². The maximum Gasteiger partial charge on any atom is -0.0245 e. The van der Waals surface area contributed by atoms with Crippen molar-refractivity contribution in [2.75, 3.05) is 0 Å². The highest BCUT2D eigenvalue weighted by atomic mass is 14.5. The highest BCUT2D eigenvalue weighted by molar-refractivity contribution is 5.25. The Hall–Kier alpha value is -3.90. The molecule has 1 saturated carbocycles. The number of hydrogen-bond acceptors (Lipinski definition) is 0. The van der Waals surface area contributed by atoms with Crippen LogP contribution in [-0.4, -0.2) is 0 Å². The third-order valence-corrected chi connectivity index (χ3v) is 9.32. The van der Waals surface area contributed by atoms with Gasteiger partial charge in [-0.05, 0) is 89.5 Å². The molecule has 0 heterocycles. The van der Waals surface area contributed by atoms with E-state index in [2.05, 4.69) is 152 Å². The van der Waals surface area contributed by atoms with Crippen LogP contribution in [0.4, 0.5) is 0 Å². The molecule has 5 aromatic carbocycles. The second kappa shape index (κ2) is 13.0. The Kier molecular flexibility index (Phi) is 8.54. The summed E-state index contributed by atoms with van der Waals surface area (Å²) in [6.07, 6.45) is 5.73. The Bertz CT molecular complexity index is 1140. The van der Waals surface area contributed by atoms with Crippen LogP contribution >= 0.6 is 0 Å². The number of rotatable bonds is 10. The maximum atomic E-state index is 2.34. The minimum Gasteiger partial charge on any atom is -0.0622 e. The SMILES string of the molecule is c1ccc(CC2C(Cc3ccccc3)C(Cc3ccccc3)C(Cc3ccccc3)C2Cc2ccccc2)cc1. The quantitative estimate of drug-likeness (QED) is 0.172. The van der Waals surface area contributed by atoms with Crippen molar-refractivity contribution in [1.82, 2.24) is 0 Å². The fourth-order valence-electron chi connectivity index (χ4n) is 7.53. The minimum absolute atomic E-state index is 0.616. The monoisotopic (exact) mass is 520 g/mol. The van der Waals surface area contributed by atoms with Crippen molar-refractivity contribution in [1.29, 1.82) is 0 Å². The summed E-state index contributed by atoms with van der Waals surface area (Å²) in [5.74, 6) is 3.08. The van der Waals surface area contributed by atoms with Gasteiger partial charge in [-0.15, -0.1) is 0 Å². The van der Waals surface area contributed by atoms with Gasteiger partial charge in [-0.2, -0.15) is 0 Å². The molecule has 0 nitrogen and oxygen atoms in total. The molecule has 0 heteroatoms. The molecular weight excluding hydrogens is 480 g/mol. The molecule has 0 radical (unpaired) electrons. The lowest BCUT2D eigenvalue weighted by Crippen LogP contribution is -2.24. The Balaban J connectivity index is 1.45. The summed E-state index contributed by atoms with van der Waals surface area (Å²) in [5, 5.41) is 0. The molecule has 200 valence electrons. The van der Waals surface area contributed by atoms with E-state index in [1.165, 1.54) is 27.8 Å². The van der Waals surface area contributed by atoms with E-state index >= 15 is 0 Å². The zero-order chi connectivity index (χ0) is 27.0. The van der Waals surface area contributed by atoms with Gasteiger partial charge in [-0.1, -0.05) is 152 Å². The molecule has 0 amide bonds. The molecule has 0 N–H and O–H groups in total. The van der Waals surface area contributed by atoms with Crippen molar-refractivity contribution >= 4 is 0 Å². The Labute approximate surface area is 240 Å². The first-order chi connectivity index (χ1) is 19.8. The Morgan fingerprint density at radius 3 is 0.525 bits per heavy atom. The molecule has 1 aliphatic rings. The average Bonchev–Trinajstić information content (AvgIpc) is 3.25. The summed E-state index contributed by atoms with van der Waals surface area (Å²) < 4.78 is 0. The van der Waals surface area contributed by atoms with Crippen LogP contribution in [0.5, 0.6) is 0 Å². The van der Waals surface area contributed by atoms with Crippen LogP contribution in [0.3, 0.4) is 0 Å². The average molecular weight is 521 g/mol. The molecule has 1 fully saturated rings. The lowest BCUT2D eigenvalue weighted by atomic mass is 9.77. The van der Waals surface area contributed by atoms with Crippen molar-refractivity contribution in [3.63, 3.8) is 0 Å². The predicted molar refractivity (Wildman–Crippen MR) is 168 cm³/mol. The first-order valence-electron chi connectivity index (χ1n) is 15.0. The van der Waals surface area contributed by atoms with Crippen molar-refractivity contribution in [2.45, 2.75) is 32.1 Å². The molecule has 1 aliphatic carbocycles. The van der Waals surface area contributed by atoms with E-state index in [0.29, 0.717) is 29.6 Å². The third kappa shape index (κ3) is 6.45. The highest BCUT2D eigenvalue weighted by Crippen LogP contribution is 2.52. The summed E-state index contributed by atoms with van der Waals surface area (Å²) in [4.78, 5) is 0. The van der Waals surface area contributed by atoms with Crippen LogP contribution in [-0.2, 0) is 32.1 Å². The first kappa shape index (κ1) is 26.3. The van der Waals surface area contributed by atoms with Gasteiger partial charge in [-0.25, -0.2) is 0 Å². The number of hydrogen-bond donors (Lipinski definition) is 0. The van der Waals surface area contributed by atoms with E-state index in [1.54, 1.807) is 0 Å². The fourth-order valence-corrected chi connectivity index (χ4v) is 7.53. The van der Waals surface area contributed by atoms with Gasteiger partial charge in [0.05, 0.1) is 0 Å². The maximum absolute atomic E-state index is 2.34. The van der Waals surface area contributed by atoms with Crippen LogP contribution in [0.1, 0.15) is 27.8 Å². The lowest BCUT2D eigenvalue weighted by molar-refractivity contribution is 0.276. The number of benzene rings is 5. The Morgan fingerprint density at radius 2 is 0.375 bits per heavy atom. The normalized spacial score (nSPS) is 22.2. The molecule has 0 spiro atoms.